The van der Waals surface area contributed by atoms with Crippen LogP contribution in [0.2, 0.25) is 0 Å². The number of aryl methyl sites for hydroxylation is 2. The van der Waals surface area contributed by atoms with Crippen LogP contribution in [0.3, 0.4) is 0 Å². The first-order valence-corrected chi connectivity index (χ1v) is 6.60. The number of nitrogens with zero attached hydrogens (tertiary/aromatic N) is 2. The summed E-state index contributed by atoms with van der Waals surface area (Å²) in [6, 6.07) is -0.857. The normalized spacial score (nSPS) is 12.8. The first-order chi connectivity index (χ1) is 9.47. The zero-order valence-electron chi connectivity index (χ0n) is 11.8. The molecule has 20 heavy (non-hydrogen) atoms. The van der Waals surface area contributed by atoms with Crippen molar-refractivity contribution >= 4 is 12.2 Å². The number of aromatic hydroxyl groups is 1. The zero-order chi connectivity index (χ0) is 15.1. The number of hydrogen-bond acceptors (Lipinski definition) is 5. The molecule has 0 saturated heterocycles. The number of hydrogen-bond donors (Lipinski definition) is 3. The molecule has 0 aromatic carbocycles. The van der Waals surface area contributed by atoms with Gasteiger partial charge < -0.3 is 15.9 Å². The lowest BCUT2D eigenvalue weighted by atomic mass is 10.1. The summed E-state index contributed by atoms with van der Waals surface area (Å²) in [6.45, 7) is 4.10. The number of aliphatic imine (C=N–C) groups is 1. The van der Waals surface area contributed by atoms with E-state index in [0.717, 1.165) is 17.5 Å². The predicted molar refractivity (Wildman–Crippen MR) is 77.1 cm³/mol. The number of aromatic nitrogens is 1. The topological polar surface area (TPSA) is 109 Å². The van der Waals surface area contributed by atoms with E-state index in [1.165, 1.54) is 0 Å². The molecule has 0 fully saturated rings. The maximum Gasteiger partial charge on any atom is 0.320 e. The van der Waals surface area contributed by atoms with Gasteiger partial charge in [-0.3, -0.25) is 14.8 Å². The van der Waals surface area contributed by atoms with Gasteiger partial charge in [0.05, 0.1) is 12.2 Å². The van der Waals surface area contributed by atoms with Gasteiger partial charge in [0.1, 0.15) is 11.8 Å². The summed E-state index contributed by atoms with van der Waals surface area (Å²) in [5.74, 6) is -0.821. The largest absolute Gasteiger partial charge is 0.506 e. The Hall–Kier alpha value is -1.95. The molecular formula is C14H21N3O3. The highest BCUT2D eigenvalue weighted by Gasteiger charge is 2.10. The van der Waals surface area contributed by atoms with Crippen LogP contribution in [0.1, 0.15) is 36.6 Å². The summed E-state index contributed by atoms with van der Waals surface area (Å²) >= 11 is 0. The third-order valence-corrected chi connectivity index (χ3v) is 3.11. The van der Waals surface area contributed by atoms with Crippen molar-refractivity contribution in [3.8, 4) is 5.75 Å². The molecule has 1 aromatic rings. The molecule has 0 saturated carbocycles. The minimum Gasteiger partial charge on any atom is -0.506 e. The number of aliphatic carboxylic acids is 1. The lowest BCUT2D eigenvalue weighted by molar-refractivity contribution is -0.138. The smallest absolute Gasteiger partial charge is 0.320 e. The first kappa shape index (κ1) is 16.1. The van der Waals surface area contributed by atoms with Crippen molar-refractivity contribution in [3.63, 3.8) is 0 Å². The molecule has 1 atom stereocenters. The second kappa shape index (κ2) is 7.59. The monoisotopic (exact) mass is 279 g/mol. The highest BCUT2D eigenvalue weighted by Crippen LogP contribution is 2.24. The Balaban J connectivity index is 2.61. The maximum absolute atomic E-state index is 10.5. The van der Waals surface area contributed by atoms with Crippen LogP contribution in [0.4, 0.5) is 0 Å². The molecule has 6 heteroatoms. The fraction of sp³-hybridized carbons (Fsp3) is 0.500. The lowest BCUT2D eigenvalue weighted by Crippen LogP contribution is -2.29. The summed E-state index contributed by atoms with van der Waals surface area (Å²) in [5, 5.41) is 18.6. The van der Waals surface area contributed by atoms with Gasteiger partial charge in [0.25, 0.3) is 0 Å². The third-order valence-electron chi connectivity index (χ3n) is 3.11. The summed E-state index contributed by atoms with van der Waals surface area (Å²) in [5.41, 5.74) is 7.72. The van der Waals surface area contributed by atoms with Gasteiger partial charge in [0, 0.05) is 11.8 Å². The molecule has 1 heterocycles. The molecule has 0 aliphatic carbocycles. The minimum atomic E-state index is -1.01. The average molecular weight is 279 g/mol. The van der Waals surface area contributed by atoms with E-state index in [0.29, 0.717) is 25.1 Å². The molecular weight excluding hydrogens is 258 g/mol. The quantitative estimate of drug-likeness (QED) is 0.654. The molecule has 6 nitrogen and oxygen atoms in total. The first-order valence-electron chi connectivity index (χ1n) is 6.60. The van der Waals surface area contributed by atoms with Crippen LogP contribution in [0.15, 0.2) is 11.2 Å². The Morgan fingerprint density at radius 3 is 2.90 bits per heavy atom. The van der Waals surface area contributed by atoms with Crippen LogP contribution in [0, 0.1) is 6.92 Å². The van der Waals surface area contributed by atoms with E-state index in [2.05, 4.69) is 9.98 Å². The fourth-order valence-electron chi connectivity index (χ4n) is 1.79. The average Bonchev–Trinajstić information content (AvgIpc) is 2.42. The van der Waals surface area contributed by atoms with Crippen molar-refractivity contribution in [2.75, 3.05) is 0 Å². The lowest BCUT2D eigenvalue weighted by Gasteiger charge is -2.09. The van der Waals surface area contributed by atoms with E-state index >= 15 is 0 Å². The Bertz CT molecular complexity index is 501. The van der Waals surface area contributed by atoms with Crippen molar-refractivity contribution in [3.05, 3.63) is 23.0 Å². The molecule has 4 N–H and O–H groups in total. The predicted octanol–water partition coefficient (Wildman–Crippen LogP) is 1.42. The van der Waals surface area contributed by atoms with Gasteiger partial charge in [-0.15, -0.1) is 0 Å². The highest BCUT2D eigenvalue weighted by atomic mass is 16.4. The molecule has 0 aliphatic rings. The van der Waals surface area contributed by atoms with Crippen molar-refractivity contribution in [2.45, 2.75) is 45.7 Å². The van der Waals surface area contributed by atoms with E-state index < -0.39 is 12.0 Å². The van der Waals surface area contributed by atoms with Crippen LogP contribution in [0.25, 0.3) is 0 Å². The van der Waals surface area contributed by atoms with Crippen LogP contribution in [0.5, 0.6) is 5.75 Å². The van der Waals surface area contributed by atoms with Crippen LogP contribution in [-0.2, 0) is 17.8 Å². The molecule has 1 rings (SSSR count). The molecule has 0 bridgehead atoms. The van der Waals surface area contributed by atoms with Crippen LogP contribution < -0.4 is 5.73 Å². The standard InChI is InChI=1S/C14H21N3O3/c1-3-10-7-17-9(2)13(18)11(10)8-16-6-4-5-12(15)14(19)20/h6-7,12,18H,3-5,8,15H2,1-2H3,(H,19,20)/b16-6+/t12-/m0/s1. The van der Waals surface area contributed by atoms with Crippen molar-refractivity contribution in [1.29, 1.82) is 0 Å². The summed E-state index contributed by atoms with van der Waals surface area (Å²) in [7, 11) is 0. The number of carboxylic acid groups (broad SMARTS) is 1. The minimum absolute atomic E-state index is 0.184. The van der Waals surface area contributed by atoms with Gasteiger partial charge in [-0.05, 0) is 38.0 Å². The van der Waals surface area contributed by atoms with Gasteiger partial charge in [0.2, 0.25) is 0 Å². The van der Waals surface area contributed by atoms with Crippen molar-refractivity contribution in [1.82, 2.24) is 4.98 Å². The van der Waals surface area contributed by atoms with Crippen LogP contribution in [-0.4, -0.2) is 33.4 Å². The molecule has 1 aromatic heterocycles. The maximum atomic E-state index is 10.5. The van der Waals surface area contributed by atoms with E-state index in [1.54, 1.807) is 19.3 Å². The molecule has 110 valence electrons. The van der Waals surface area contributed by atoms with Gasteiger partial charge in [-0.2, -0.15) is 0 Å². The third kappa shape index (κ3) is 4.31. The van der Waals surface area contributed by atoms with E-state index in [4.69, 9.17) is 10.8 Å². The number of carboxylic acids is 1. The molecule has 0 radical (unpaired) electrons. The molecule has 0 amide bonds. The number of pyridine rings is 1. The number of rotatable bonds is 7. The Labute approximate surface area is 118 Å². The summed E-state index contributed by atoms with van der Waals surface area (Å²) in [4.78, 5) is 18.9. The Morgan fingerprint density at radius 2 is 2.30 bits per heavy atom. The van der Waals surface area contributed by atoms with E-state index in [9.17, 15) is 9.90 Å². The fourth-order valence-corrected chi connectivity index (χ4v) is 1.79. The molecule has 0 spiro atoms. The van der Waals surface area contributed by atoms with Crippen LogP contribution >= 0.6 is 0 Å². The number of nitrogens with two attached hydrogens (primary N) is 1. The second-order valence-electron chi connectivity index (χ2n) is 4.59. The van der Waals surface area contributed by atoms with Crippen molar-refractivity contribution in [2.24, 2.45) is 10.7 Å². The zero-order valence-corrected chi connectivity index (χ0v) is 11.8. The van der Waals surface area contributed by atoms with Gasteiger partial charge in [0.15, 0.2) is 0 Å². The second-order valence-corrected chi connectivity index (χ2v) is 4.59. The van der Waals surface area contributed by atoms with Crippen molar-refractivity contribution < 1.29 is 15.0 Å². The highest BCUT2D eigenvalue weighted by molar-refractivity contribution is 5.73. The molecule has 0 aliphatic heterocycles. The summed E-state index contributed by atoms with van der Waals surface area (Å²) < 4.78 is 0. The molecule has 0 unspecified atom stereocenters. The van der Waals surface area contributed by atoms with Gasteiger partial charge in [-0.1, -0.05) is 6.92 Å². The van der Waals surface area contributed by atoms with Gasteiger partial charge in [-0.25, -0.2) is 0 Å². The SMILES string of the molecule is CCc1cnc(C)c(O)c1C/N=C/CC[C@H](N)C(=O)O. The van der Waals surface area contributed by atoms with E-state index in [1.807, 2.05) is 6.92 Å². The van der Waals surface area contributed by atoms with E-state index in [-0.39, 0.29) is 5.75 Å². The summed E-state index contributed by atoms with van der Waals surface area (Å²) in [6.07, 6.45) is 5.02. The Morgan fingerprint density at radius 1 is 1.60 bits per heavy atom. The Kier molecular flexibility index (Phi) is 6.11. The number of carbonyl (C=O) groups is 1. The van der Waals surface area contributed by atoms with Gasteiger partial charge >= 0.3 is 5.97 Å².